The van der Waals surface area contributed by atoms with Gasteiger partial charge in [-0.15, -0.1) is 0 Å². The van der Waals surface area contributed by atoms with E-state index in [4.69, 9.17) is 4.74 Å². The Hall–Kier alpha value is -1.22. The van der Waals surface area contributed by atoms with Crippen molar-refractivity contribution in [1.29, 1.82) is 0 Å². The predicted octanol–water partition coefficient (Wildman–Crippen LogP) is 4.03. The molecule has 2 unspecified atom stereocenters. The van der Waals surface area contributed by atoms with Crippen LogP contribution in [-0.4, -0.2) is 23.8 Å². The van der Waals surface area contributed by atoms with Gasteiger partial charge in [0.1, 0.15) is 0 Å². The van der Waals surface area contributed by atoms with Gasteiger partial charge in [0.05, 0.1) is 6.10 Å². The molecule has 1 aliphatic heterocycles. The second-order valence-corrected chi connectivity index (χ2v) is 7.80. The fourth-order valence-corrected chi connectivity index (χ4v) is 3.81. The van der Waals surface area contributed by atoms with E-state index >= 15 is 0 Å². The normalized spacial score (nSPS) is 27.7. The lowest BCUT2D eigenvalue weighted by atomic mass is 9.92. The molecule has 122 valence electrons. The molecule has 1 saturated carbocycles. The van der Waals surface area contributed by atoms with Crippen LogP contribution in [0.15, 0.2) is 18.2 Å². The van der Waals surface area contributed by atoms with E-state index in [9.17, 15) is 5.11 Å². The molecular formula is C19H29NO2. The van der Waals surface area contributed by atoms with Gasteiger partial charge in [0.25, 0.3) is 0 Å². The monoisotopic (exact) mass is 303 g/mol. The summed E-state index contributed by atoms with van der Waals surface area (Å²) in [5, 5.41) is 13.7. The van der Waals surface area contributed by atoms with Crippen molar-refractivity contribution in [3.05, 3.63) is 23.8 Å². The molecule has 1 aromatic carbocycles. The van der Waals surface area contributed by atoms with Gasteiger partial charge in [0.2, 0.25) is 0 Å². The number of phenols is 1. The predicted molar refractivity (Wildman–Crippen MR) is 89.5 cm³/mol. The maximum Gasteiger partial charge on any atom is 0.161 e. The highest BCUT2D eigenvalue weighted by Crippen LogP contribution is 2.40. The van der Waals surface area contributed by atoms with Gasteiger partial charge >= 0.3 is 0 Å². The zero-order chi connectivity index (χ0) is 15.6. The molecule has 0 bridgehead atoms. The molecule has 3 rings (SSSR count). The Morgan fingerprint density at radius 2 is 2.14 bits per heavy atom. The Morgan fingerprint density at radius 3 is 2.82 bits per heavy atom. The number of aromatic hydroxyl groups is 1. The summed E-state index contributed by atoms with van der Waals surface area (Å²) in [5.74, 6) is 0.932. The molecule has 0 radical (unpaired) electrons. The lowest BCUT2D eigenvalue weighted by Crippen LogP contribution is -2.35. The number of piperidine rings is 1. The maximum absolute atomic E-state index is 10.1. The Kier molecular flexibility index (Phi) is 4.62. The first-order valence-electron chi connectivity index (χ1n) is 8.74. The van der Waals surface area contributed by atoms with Gasteiger partial charge in [0.15, 0.2) is 11.5 Å². The first-order chi connectivity index (χ1) is 10.5. The summed E-state index contributed by atoms with van der Waals surface area (Å²) in [7, 11) is 0. The van der Waals surface area contributed by atoms with Crippen molar-refractivity contribution in [3.63, 3.8) is 0 Å². The van der Waals surface area contributed by atoms with Crippen LogP contribution in [-0.2, 0) is 6.42 Å². The van der Waals surface area contributed by atoms with Gasteiger partial charge in [-0.1, -0.05) is 26.3 Å². The van der Waals surface area contributed by atoms with Gasteiger partial charge in [0, 0.05) is 6.04 Å². The van der Waals surface area contributed by atoms with Crippen LogP contribution in [0.4, 0.5) is 0 Å². The molecule has 2 N–H and O–H groups in total. The molecule has 0 amide bonds. The van der Waals surface area contributed by atoms with E-state index in [1.54, 1.807) is 6.07 Å². The zero-order valence-corrected chi connectivity index (χ0v) is 13.9. The van der Waals surface area contributed by atoms with E-state index in [0.29, 0.717) is 17.2 Å². The van der Waals surface area contributed by atoms with Crippen molar-refractivity contribution in [1.82, 2.24) is 5.32 Å². The topological polar surface area (TPSA) is 41.5 Å². The second-order valence-electron chi connectivity index (χ2n) is 7.80. The first kappa shape index (κ1) is 15.7. The average molecular weight is 303 g/mol. The molecule has 3 nitrogen and oxygen atoms in total. The molecule has 0 aromatic heterocycles. The molecule has 2 atom stereocenters. The molecular weight excluding hydrogens is 274 g/mol. The van der Waals surface area contributed by atoms with E-state index in [-0.39, 0.29) is 11.9 Å². The van der Waals surface area contributed by atoms with Gasteiger partial charge in [-0.25, -0.2) is 0 Å². The molecule has 1 aliphatic carbocycles. The number of hydrogen-bond acceptors (Lipinski definition) is 3. The fourth-order valence-electron chi connectivity index (χ4n) is 3.81. The van der Waals surface area contributed by atoms with Gasteiger partial charge in [-0.2, -0.15) is 0 Å². The van der Waals surface area contributed by atoms with Crippen molar-refractivity contribution in [2.45, 2.75) is 70.9 Å². The minimum Gasteiger partial charge on any atom is -0.504 e. The summed E-state index contributed by atoms with van der Waals surface area (Å²) in [6.07, 6.45) is 8.46. The summed E-state index contributed by atoms with van der Waals surface area (Å²) < 4.78 is 6.10. The maximum atomic E-state index is 10.1. The lowest BCUT2D eigenvalue weighted by Gasteiger charge is -2.24. The van der Waals surface area contributed by atoms with Crippen molar-refractivity contribution in [2.24, 2.45) is 5.41 Å². The summed E-state index contributed by atoms with van der Waals surface area (Å²) >= 11 is 0. The van der Waals surface area contributed by atoms with Crippen LogP contribution >= 0.6 is 0 Å². The zero-order valence-electron chi connectivity index (χ0n) is 13.9. The van der Waals surface area contributed by atoms with Crippen LogP contribution in [0.2, 0.25) is 0 Å². The fraction of sp³-hybridized carbons (Fsp3) is 0.684. The van der Waals surface area contributed by atoms with E-state index in [2.05, 4.69) is 19.2 Å². The van der Waals surface area contributed by atoms with E-state index < -0.39 is 0 Å². The van der Waals surface area contributed by atoms with Crippen LogP contribution in [0.1, 0.15) is 57.9 Å². The summed E-state index contributed by atoms with van der Waals surface area (Å²) in [6, 6.07) is 6.42. The number of rotatable bonds is 4. The minimum atomic E-state index is 0.240. The van der Waals surface area contributed by atoms with Crippen LogP contribution in [0.5, 0.6) is 11.5 Å². The summed E-state index contributed by atoms with van der Waals surface area (Å²) in [6.45, 7) is 5.71. The third kappa shape index (κ3) is 3.95. The molecule has 2 fully saturated rings. The smallest absolute Gasteiger partial charge is 0.161 e. The first-order valence-corrected chi connectivity index (χ1v) is 8.74. The van der Waals surface area contributed by atoms with E-state index in [1.165, 1.54) is 31.2 Å². The third-order valence-electron chi connectivity index (χ3n) is 5.14. The van der Waals surface area contributed by atoms with Crippen LogP contribution in [0, 0.1) is 5.41 Å². The average Bonchev–Trinajstić information content (AvgIpc) is 2.83. The number of hydrogen-bond donors (Lipinski definition) is 2. The standard InChI is InChI=1S/C19H29NO2/c1-19(2)9-8-16(13-19)22-18-12-14(6-7-17(18)21)11-15-5-3-4-10-20-15/h6-7,12,15-16,20-21H,3-5,8-11,13H2,1-2H3. The van der Waals surface area contributed by atoms with Crippen LogP contribution < -0.4 is 10.1 Å². The van der Waals surface area contributed by atoms with Crippen LogP contribution in [0.25, 0.3) is 0 Å². The molecule has 0 spiro atoms. The number of benzene rings is 1. The number of phenolic OH excluding ortho intramolecular Hbond substituents is 1. The number of nitrogens with one attached hydrogen (secondary N) is 1. The molecule has 3 heteroatoms. The lowest BCUT2D eigenvalue weighted by molar-refractivity contribution is 0.186. The Balaban J connectivity index is 1.64. The van der Waals surface area contributed by atoms with Gasteiger partial charge < -0.3 is 15.2 Å². The van der Waals surface area contributed by atoms with Crippen molar-refractivity contribution < 1.29 is 9.84 Å². The van der Waals surface area contributed by atoms with Crippen molar-refractivity contribution in [2.75, 3.05) is 6.54 Å². The molecule has 2 aliphatic rings. The Bertz CT molecular complexity index is 506. The SMILES string of the molecule is CC1(C)CCC(Oc2cc(CC3CCCCN3)ccc2O)C1. The minimum absolute atomic E-state index is 0.240. The van der Waals surface area contributed by atoms with E-state index in [0.717, 1.165) is 25.8 Å². The quantitative estimate of drug-likeness (QED) is 0.882. The highest BCUT2D eigenvalue weighted by Gasteiger charge is 2.32. The molecule has 1 aromatic rings. The van der Waals surface area contributed by atoms with Gasteiger partial charge in [-0.3, -0.25) is 0 Å². The molecule has 1 heterocycles. The van der Waals surface area contributed by atoms with Crippen molar-refractivity contribution >= 4 is 0 Å². The molecule has 22 heavy (non-hydrogen) atoms. The largest absolute Gasteiger partial charge is 0.504 e. The summed E-state index contributed by atoms with van der Waals surface area (Å²) in [5.41, 5.74) is 1.62. The highest BCUT2D eigenvalue weighted by atomic mass is 16.5. The molecule has 1 saturated heterocycles. The Labute approximate surface area is 134 Å². The second kappa shape index (κ2) is 6.49. The third-order valence-corrected chi connectivity index (χ3v) is 5.14. The van der Waals surface area contributed by atoms with E-state index in [1.807, 2.05) is 12.1 Å². The van der Waals surface area contributed by atoms with Crippen LogP contribution in [0.3, 0.4) is 0 Å². The van der Waals surface area contributed by atoms with Gasteiger partial charge in [-0.05, 0) is 68.2 Å². The highest BCUT2D eigenvalue weighted by molar-refractivity contribution is 5.42. The summed E-state index contributed by atoms with van der Waals surface area (Å²) in [4.78, 5) is 0. The van der Waals surface area contributed by atoms with Crippen molar-refractivity contribution in [3.8, 4) is 11.5 Å². The number of ether oxygens (including phenoxy) is 1. The Morgan fingerprint density at radius 1 is 1.27 bits per heavy atom.